The smallest absolute Gasteiger partial charge is 0.161 e. The van der Waals surface area contributed by atoms with Gasteiger partial charge in [0.05, 0.1) is 12.7 Å². The summed E-state index contributed by atoms with van der Waals surface area (Å²) >= 11 is 0. The van der Waals surface area contributed by atoms with E-state index < -0.39 is 0 Å². The van der Waals surface area contributed by atoms with Crippen molar-refractivity contribution in [2.45, 2.75) is 26.7 Å². The number of aldehydes is 1. The van der Waals surface area contributed by atoms with Crippen LogP contribution in [0, 0.1) is 0 Å². The number of hydrogen-bond donors (Lipinski definition) is 1. The van der Waals surface area contributed by atoms with Crippen molar-refractivity contribution in [1.82, 2.24) is 0 Å². The molecular formula is C16H21NO4. The van der Waals surface area contributed by atoms with Crippen LogP contribution in [0.2, 0.25) is 0 Å². The van der Waals surface area contributed by atoms with Crippen LogP contribution in [-0.4, -0.2) is 25.8 Å². The first kappa shape index (κ1) is 16.8. The number of ether oxygens (including phenoxy) is 2. The molecule has 0 aliphatic heterocycles. The van der Waals surface area contributed by atoms with E-state index in [1.165, 1.54) is 6.92 Å². The summed E-state index contributed by atoms with van der Waals surface area (Å²) in [5, 5.41) is 0. The predicted octanol–water partition coefficient (Wildman–Crippen LogP) is 2.03. The molecule has 5 nitrogen and oxygen atoms in total. The summed E-state index contributed by atoms with van der Waals surface area (Å²) in [6.45, 7) is 3.22. The summed E-state index contributed by atoms with van der Waals surface area (Å²) in [6, 6.07) is 5.46. The van der Waals surface area contributed by atoms with E-state index in [4.69, 9.17) is 15.2 Å². The summed E-state index contributed by atoms with van der Waals surface area (Å²) in [4.78, 5) is 21.9. The lowest BCUT2D eigenvalue weighted by Gasteiger charge is -2.13. The highest BCUT2D eigenvalue weighted by Crippen LogP contribution is 2.29. The summed E-state index contributed by atoms with van der Waals surface area (Å²) in [7, 11) is 1.54. The molecule has 1 aromatic carbocycles. The van der Waals surface area contributed by atoms with Crippen molar-refractivity contribution >= 4 is 12.1 Å². The average molecular weight is 291 g/mol. The van der Waals surface area contributed by atoms with Gasteiger partial charge in [0.25, 0.3) is 0 Å². The zero-order valence-electron chi connectivity index (χ0n) is 12.6. The fourth-order valence-corrected chi connectivity index (χ4v) is 1.86. The topological polar surface area (TPSA) is 78.6 Å². The van der Waals surface area contributed by atoms with Crippen LogP contribution in [0.1, 0.15) is 25.8 Å². The van der Waals surface area contributed by atoms with Gasteiger partial charge in [-0.2, -0.15) is 0 Å². The van der Waals surface area contributed by atoms with Crippen molar-refractivity contribution in [2.75, 3.05) is 13.7 Å². The van der Waals surface area contributed by atoms with Gasteiger partial charge in [0.1, 0.15) is 12.9 Å². The summed E-state index contributed by atoms with van der Waals surface area (Å²) in [5.74, 6) is 0.986. The van der Waals surface area contributed by atoms with Gasteiger partial charge in [0.2, 0.25) is 0 Å². The van der Waals surface area contributed by atoms with E-state index in [9.17, 15) is 9.59 Å². The van der Waals surface area contributed by atoms with Crippen LogP contribution in [0.25, 0.3) is 0 Å². The number of allylic oxidation sites excluding steroid dienone is 1. The minimum atomic E-state index is -0.114. The highest BCUT2D eigenvalue weighted by atomic mass is 16.5. The third kappa shape index (κ3) is 4.95. The standard InChI is InChI=1S/C16H21NO4/c1-11(17)14(12(2)19)10-21-15-7-6-13(5-4-8-18)9-16(15)20-3/h6-9H,4-5,10,17H2,1-3H3/b14-11-. The SMILES string of the molecule is COc1cc(CCC=O)ccc1OC/C(C(C)=O)=C(\C)N. The summed E-state index contributed by atoms with van der Waals surface area (Å²) < 4.78 is 10.9. The molecule has 1 rings (SSSR count). The first-order chi connectivity index (χ1) is 9.99. The van der Waals surface area contributed by atoms with Crippen LogP contribution in [0.15, 0.2) is 29.5 Å². The highest BCUT2D eigenvalue weighted by Gasteiger charge is 2.11. The molecule has 0 bridgehead atoms. The number of aryl methyl sites for hydroxylation is 1. The molecule has 0 unspecified atom stereocenters. The van der Waals surface area contributed by atoms with Crippen molar-refractivity contribution in [3.05, 3.63) is 35.0 Å². The van der Waals surface area contributed by atoms with Gasteiger partial charge in [-0.1, -0.05) is 6.07 Å². The molecule has 0 saturated carbocycles. The van der Waals surface area contributed by atoms with Crippen LogP contribution < -0.4 is 15.2 Å². The Morgan fingerprint density at radius 3 is 2.52 bits per heavy atom. The Kier molecular flexibility index (Phi) is 6.46. The number of nitrogens with two attached hydrogens (primary N) is 1. The third-order valence-corrected chi connectivity index (χ3v) is 3.05. The van der Waals surface area contributed by atoms with Gasteiger partial charge in [0.15, 0.2) is 17.3 Å². The van der Waals surface area contributed by atoms with Crippen molar-refractivity contribution in [3.8, 4) is 11.5 Å². The van der Waals surface area contributed by atoms with Gasteiger partial charge in [-0.25, -0.2) is 0 Å². The maximum Gasteiger partial charge on any atom is 0.161 e. The lowest BCUT2D eigenvalue weighted by molar-refractivity contribution is -0.114. The Hall–Kier alpha value is -2.30. The quantitative estimate of drug-likeness (QED) is 0.585. The maximum atomic E-state index is 11.5. The molecule has 0 aromatic heterocycles. The van der Waals surface area contributed by atoms with Crippen LogP contribution in [-0.2, 0) is 16.0 Å². The normalized spacial score (nSPS) is 11.6. The number of ketones is 1. The van der Waals surface area contributed by atoms with E-state index in [0.717, 1.165) is 11.8 Å². The Morgan fingerprint density at radius 1 is 1.29 bits per heavy atom. The number of rotatable bonds is 8. The molecule has 0 radical (unpaired) electrons. The average Bonchev–Trinajstić information content (AvgIpc) is 2.45. The fraction of sp³-hybridized carbons (Fsp3) is 0.375. The van der Waals surface area contributed by atoms with Crippen LogP contribution in [0.5, 0.6) is 11.5 Å². The maximum absolute atomic E-state index is 11.5. The van der Waals surface area contributed by atoms with E-state index in [2.05, 4.69) is 0 Å². The lowest BCUT2D eigenvalue weighted by Crippen LogP contribution is -2.14. The Labute approximate surface area is 124 Å². The van der Waals surface area contributed by atoms with Crippen LogP contribution in [0.3, 0.4) is 0 Å². The molecule has 1 aromatic rings. The number of hydrogen-bond acceptors (Lipinski definition) is 5. The van der Waals surface area contributed by atoms with Gasteiger partial charge in [0, 0.05) is 12.1 Å². The number of Topliss-reactive ketones (excluding diaryl/α,β-unsaturated/α-hetero) is 1. The lowest BCUT2D eigenvalue weighted by atomic mass is 10.1. The second-order valence-corrected chi connectivity index (χ2v) is 4.70. The molecule has 114 valence electrons. The molecule has 21 heavy (non-hydrogen) atoms. The zero-order chi connectivity index (χ0) is 15.8. The minimum Gasteiger partial charge on any atom is -0.493 e. The molecule has 0 heterocycles. The van der Waals surface area contributed by atoms with E-state index in [-0.39, 0.29) is 12.4 Å². The van der Waals surface area contributed by atoms with Crippen LogP contribution in [0.4, 0.5) is 0 Å². The number of carbonyl (C=O) groups is 2. The second kappa shape index (κ2) is 8.09. The van der Waals surface area contributed by atoms with Gasteiger partial charge < -0.3 is 20.0 Å². The van der Waals surface area contributed by atoms with E-state index in [0.29, 0.717) is 35.6 Å². The fourth-order valence-electron chi connectivity index (χ4n) is 1.86. The molecule has 0 aliphatic carbocycles. The Balaban J connectivity index is 2.86. The van der Waals surface area contributed by atoms with Crippen molar-refractivity contribution in [1.29, 1.82) is 0 Å². The first-order valence-electron chi connectivity index (χ1n) is 6.69. The number of benzene rings is 1. The molecule has 0 amide bonds. The molecule has 0 fully saturated rings. The predicted molar refractivity (Wildman–Crippen MR) is 80.4 cm³/mol. The van der Waals surface area contributed by atoms with Gasteiger partial charge in [-0.15, -0.1) is 0 Å². The number of carbonyl (C=O) groups excluding carboxylic acids is 2. The van der Waals surface area contributed by atoms with Crippen molar-refractivity contribution in [3.63, 3.8) is 0 Å². The van der Waals surface area contributed by atoms with E-state index >= 15 is 0 Å². The number of methoxy groups -OCH3 is 1. The monoisotopic (exact) mass is 291 g/mol. The molecule has 0 atom stereocenters. The molecule has 2 N–H and O–H groups in total. The first-order valence-corrected chi connectivity index (χ1v) is 6.69. The molecule has 0 aliphatic rings. The molecular weight excluding hydrogens is 270 g/mol. The Morgan fingerprint density at radius 2 is 2.00 bits per heavy atom. The zero-order valence-corrected chi connectivity index (χ0v) is 12.6. The second-order valence-electron chi connectivity index (χ2n) is 4.70. The van der Waals surface area contributed by atoms with Gasteiger partial charge in [-0.05, 0) is 38.0 Å². The van der Waals surface area contributed by atoms with Crippen molar-refractivity contribution < 1.29 is 19.1 Å². The summed E-state index contributed by atoms with van der Waals surface area (Å²) in [6.07, 6.45) is 2.00. The van der Waals surface area contributed by atoms with Crippen LogP contribution >= 0.6 is 0 Å². The highest BCUT2D eigenvalue weighted by molar-refractivity contribution is 5.94. The van der Waals surface area contributed by atoms with Crippen molar-refractivity contribution in [2.24, 2.45) is 5.73 Å². The van der Waals surface area contributed by atoms with E-state index in [1.54, 1.807) is 20.1 Å². The Bertz CT molecular complexity index is 545. The largest absolute Gasteiger partial charge is 0.493 e. The molecule has 0 spiro atoms. The third-order valence-electron chi connectivity index (χ3n) is 3.05. The summed E-state index contributed by atoms with van der Waals surface area (Å²) in [5.41, 5.74) is 7.55. The molecule has 0 saturated heterocycles. The molecule has 5 heteroatoms. The van der Waals surface area contributed by atoms with Gasteiger partial charge in [-0.3, -0.25) is 4.79 Å². The van der Waals surface area contributed by atoms with E-state index in [1.807, 2.05) is 12.1 Å². The minimum absolute atomic E-state index is 0.0989. The van der Waals surface area contributed by atoms with Gasteiger partial charge >= 0.3 is 0 Å².